The maximum absolute atomic E-state index is 11.2. The highest BCUT2D eigenvalue weighted by atomic mass is 79.9. The van der Waals surface area contributed by atoms with Crippen molar-refractivity contribution in [3.8, 4) is 11.6 Å². The zero-order valence-electron chi connectivity index (χ0n) is 11.4. The molecule has 0 saturated heterocycles. The number of halogens is 1. The Bertz CT molecular complexity index is 904. The molecule has 9 nitrogen and oxygen atoms in total. The number of ether oxygens (including phenoxy) is 1. The number of nitrogens with two attached hydrogens (primary N) is 1. The van der Waals surface area contributed by atoms with E-state index in [9.17, 15) is 10.1 Å². The number of nitrogens with zero attached hydrogens (tertiary/aromatic N) is 4. The van der Waals surface area contributed by atoms with Gasteiger partial charge in [-0.15, -0.1) is 0 Å². The number of pyridine rings is 1. The van der Waals surface area contributed by atoms with E-state index in [0.717, 1.165) is 16.2 Å². The molecule has 0 bridgehead atoms. The minimum Gasteiger partial charge on any atom is -0.431 e. The fourth-order valence-corrected chi connectivity index (χ4v) is 2.46. The van der Waals surface area contributed by atoms with Gasteiger partial charge in [0.15, 0.2) is 5.75 Å². The van der Waals surface area contributed by atoms with Crippen molar-refractivity contribution in [3.05, 3.63) is 51.4 Å². The standard InChI is InChI=1S/C13H9BrN6O3/c14-8-3-4-9(10-7(8)2-1-5-16-10)23-13-11(20(21)22)12(19-15)17-6-18-13/h1-6H,15H2,(H,17,18,19). The molecule has 0 atom stereocenters. The maximum atomic E-state index is 11.2. The van der Waals surface area contributed by atoms with Gasteiger partial charge in [-0.2, -0.15) is 4.98 Å². The number of nitrogen functional groups attached to an aromatic ring is 1. The summed E-state index contributed by atoms with van der Waals surface area (Å²) >= 11 is 3.42. The number of aromatic nitrogens is 3. The number of anilines is 1. The fraction of sp³-hybridized carbons (Fsp3) is 0. The minimum absolute atomic E-state index is 0.144. The summed E-state index contributed by atoms with van der Waals surface area (Å²) in [5.41, 5.74) is 2.24. The third-order valence-corrected chi connectivity index (χ3v) is 3.69. The molecule has 0 aliphatic rings. The van der Waals surface area contributed by atoms with Gasteiger partial charge in [-0.1, -0.05) is 22.0 Å². The lowest BCUT2D eigenvalue weighted by Crippen LogP contribution is -2.12. The molecular formula is C13H9BrN6O3. The van der Waals surface area contributed by atoms with Crippen molar-refractivity contribution in [1.29, 1.82) is 0 Å². The van der Waals surface area contributed by atoms with E-state index in [0.29, 0.717) is 11.3 Å². The Kier molecular flexibility index (Phi) is 4.00. The summed E-state index contributed by atoms with van der Waals surface area (Å²) in [6.45, 7) is 0. The Morgan fingerprint density at radius 3 is 2.83 bits per heavy atom. The summed E-state index contributed by atoms with van der Waals surface area (Å²) in [6, 6.07) is 7.02. The van der Waals surface area contributed by atoms with Crippen LogP contribution in [0.5, 0.6) is 11.6 Å². The second kappa shape index (κ2) is 6.10. The summed E-state index contributed by atoms with van der Waals surface area (Å²) in [5, 5.41) is 12.0. The molecule has 2 aromatic heterocycles. The van der Waals surface area contributed by atoms with Crippen LogP contribution in [0.4, 0.5) is 11.5 Å². The SMILES string of the molecule is NNc1ncnc(Oc2ccc(Br)c3cccnc23)c1[N+](=O)[O-]. The Balaban J connectivity index is 2.14. The van der Waals surface area contributed by atoms with Crippen LogP contribution in [0.1, 0.15) is 0 Å². The highest BCUT2D eigenvalue weighted by Crippen LogP contribution is 2.37. The summed E-state index contributed by atoms with van der Waals surface area (Å²) < 4.78 is 6.44. The van der Waals surface area contributed by atoms with Gasteiger partial charge in [-0.3, -0.25) is 15.1 Å². The molecule has 3 aromatic rings. The second-order valence-corrected chi connectivity index (χ2v) is 5.18. The fourth-order valence-electron chi connectivity index (χ4n) is 2.01. The Morgan fingerprint density at radius 2 is 2.09 bits per heavy atom. The number of nitro groups is 1. The summed E-state index contributed by atoms with van der Waals surface area (Å²) in [6.07, 6.45) is 2.72. The average Bonchev–Trinajstić information content (AvgIpc) is 2.57. The van der Waals surface area contributed by atoms with E-state index in [-0.39, 0.29) is 11.7 Å². The number of benzene rings is 1. The first-order valence-corrected chi connectivity index (χ1v) is 7.08. The van der Waals surface area contributed by atoms with Crippen molar-refractivity contribution in [2.24, 2.45) is 5.84 Å². The molecule has 0 spiro atoms. The van der Waals surface area contributed by atoms with Crippen LogP contribution in [0.25, 0.3) is 10.9 Å². The summed E-state index contributed by atoms with van der Waals surface area (Å²) in [5.74, 6) is 5.20. The smallest absolute Gasteiger partial charge is 0.374 e. The van der Waals surface area contributed by atoms with Crippen molar-refractivity contribution in [1.82, 2.24) is 15.0 Å². The van der Waals surface area contributed by atoms with Gasteiger partial charge in [0.1, 0.15) is 11.8 Å². The molecule has 116 valence electrons. The lowest BCUT2D eigenvalue weighted by molar-refractivity contribution is -0.385. The predicted molar refractivity (Wildman–Crippen MR) is 86.0 cm³/mol. The van der Waals surface area contributed by atoms with E-state index in [4.69, 9.17) is 10.6 Å². The van der Waals surface area contributed by atoms with Crippen LogP contribution < -0.4 is 16.0 Å². The van der Waals surface area contributed by atoms with Crippen molar-refractivity contribution < 1.29 is 9.66 Å². The predicted octanol–water partition coefficient (Wildman–Crippen LogP) is 2.77. The first-order valence-electron chi connectivity index (χ1n) is 6.29. The van der Waals surface area contributed by atoms with Crippen LogP contribution in [0.2, 0.25) is 0 Å². The second-order valence-electron chi connectivity index (χ2n) is 4.32. The molecule has 0 saturated carbocycles. The summed E-state index contributed by atoms with van der Waals surface area (Å²) in [7, 11) is 0. The third kappa shape index (κ3) is 2.76. The molecule has 0 aliphatic carbocycles. The number of hydrogen-bond acceptors (Lipinski definition) is 8. The van der Waals surface area contributed by atoms with Gasteiger partial charge >= 0.3 is 11.6 Å². The van der Waals surface area contributed by atoms with E-state index in [1.165, 1.54) is 0 Å². The van der Waals surface area contributed by atoms with Gasteiger partial charge in [0.2, 0.25) is 5.82 Å². The van der Waals surface area contributed by atoms with E-state index >= 15 is 0 Å². The van der Waals surface area contributed by atoms with Gasteiger partial charge < -0.3 is 10.2 Å². The molecule has 3 N–H and O–H groups in total. The number of nitrogens with one attached hydrogen (secondary N) is 1. The topological polar surface area (TPSA) is 129 Å². The lowest BCUT2D eigenvalue weighted by Gasteiger charge is -2.09. The van der Waals surface area contributed by atoms with Crippen LogP contribution in [-0.2, 0) is 0 Å². The Hall–Kier alpha value is -2.85. The first kappa shape index (κ1) is 15.1. The largest absolute Gasteiger partial charge is 0.431 e. The molecular weight excluding hydrogens is 368 g/mol. The summed E-state index contributed by atoms with van der Waals surface area (Å²) in [4.78, 5) is 22.3. The zero-order chi connectivity index (χ0) is 16.4. The quantitative estimate of drug-likeness (QED) is 0.403. The van der Waals surface area contributed by atoms with Crippen LogP contribution in [-0.4, -0.2) is 19.9 Å². The first-order chi connectivity index (χ1) is 11.1. The van der Waals surface area contributed by atoms with E-state index in [1.54, 1.807) is 24.4 Å². The monoisotopic (exact) mass is 376 g/mol. The minimum atomic E-state index is -0.668. The number of rotatable bonds is 4. The van der Waals surface area contributed by atoms with E-state index < -0.39 is 10.6 Å². The highest BCUT2D eigenvalue weighted by Gasteiger charge is 2.25. The van der Waals surface area contributed by atoms with Crippen LogP contribution in [0.3, 0.4) is 0 Å². The highest BCUT2D eigenvalue weighted by molar-refractivity contribution is 9.10. The van der Waals surface area contributed by atoms with Crippen molar-refractivity contribution in [2.75, 3.05) is 5.43 Å². The van der Waals surface area contributed by atoms with E-state index in [2.05, 4.69) is 36.3 Å². The van der Waals surface area contributed by atoms with Crippen molar-refractivity contribution in [3.63, 3.8) is 0 Å². The molecule has 0 radical (unpaired) electrons. The molecule has 0 aliphatic heterocycles. The molecule has 1 aromatic carbocycles. The van der Waals surface area contributed by atoms with Gasteiger partial charge in [0.05, 0.1) is 4.92 Å². The number of hydrazine groups is 1. The lowest BCUT2D eigenvalue weighted by atomic mass is 10.2. The average molecular weight is 377 g/mol. The third-order valence-electron chi connectivity index (χ3n) is 2.99. The zero-order valence-corrected chi connectivity index (χ0v) is 13.0. The Labute approximate surface area is 137 Å². The maximum Gasteiger partial charge on any atom is 0.374 e. The van der Waals surface area contributed by atoms with Gasteiger partial charge in [-0.05, 0) is 18.2 Å². The molecule has 0 fully saturated rings. The van der Waals surface area contributed by atoms with Crippen molar-refractivity contribution >= 4 is 38.3 Å². The Morgan fingerprint density at radius 1 is 1.26 bits per heavy atom. The van der Waals surface area contributed by atoms with Crippen LogP contribution in [0.15, 0.2) is 41.3 Å². The molecule has 10 heteroatoms. The van der Waals surface area contributed by atoms with Crippen molar-refractivity contribution in [2.45, 2.75) is 0 Å². The molecule has 0 unspecified atom stereocenters. The number of fused-ring (bicyclic) bond motifs is 1. The number of hydrogen-bond donors (Lipinski definition) is 2. The molecule has 23 heavy (non-hydrogen) atoms. The molecule has 3 rings (SSSR count). The van der Waals surface area contributed by atoms with E-state index in [1.807, 2.05) is 6.07 Å². The van der Waals surface area contributed by atoms with Gasteiger partial charge in [0, 0.05) is 16.1 Å². The molecule has 0 amide bonds. The van der Waals surface area contributed by atoms with Gasteiger partial charge in [0.25, 0.3) is 0 Å². The molecule has 2 heterocycles. The normalized spacial score (nSPS) is 10.5. The van der Waals surface area contributed by atoms with Crippen LogP contribution in [0, 0.1) is 10.1 Å². The van der Waals surface area contributed by atoms with Gasteiger partial charge in [-0.25, -0.2) is 10.8 Å². The van der Waals surface area contributed by atoms with Crippen LogP contribution >= 0.6 is 15.9 Å².